The summed E-state index contributed by atoms with van der Waals surface area (Å²) in [7, 11) is 0. The van der Waals surface area contributed by atoms with Crippen molar-refractivity contribution < 1.29 is 14.3 Å². The fraction of sp³-hybridized carbons (Fsp3) is 0.500. The Balaban J connectivity index is 2.08. The second-order valence-corrected chi connectivity index (χ2v) is 14.8. The maximum atomic E-state index is 12.3. The number of hydrogen-bond acceptors (Lipinski definition) is 6. The monoisotopic (exact) mass is 572 g/mol. The first-order chi connectivity index (χ1) is 18.1. The smallest absolute Gasteiger partial charge is 0.338 e. The molecule has 0 bridgehead atoms. The molecular formula is C32H44O3S3. The Morgan fingerprint density at radius 2 is 1.74 bits per heavy atom. The lowest BCUT2D eigenvalue weighted by molar-refractivity contribution is 0.0354. The number of unbranched alkanes of at least 4 members (excludes halogenated alkanes) is 1. The molecule has 6 heteroatoms. The van der Waals surface area contributed by atoms with Crippen LogP contribution < -0.4 is 0 Å². The Kier molecular flexibility index (Phi) is 14.2. The minimum absolute atomic E-state index is 0.0415. The van der Waals surface area contributed by atoms with Crippen LogP contribution >= 0.6 is 35.7 Å². The highest BCUT2D eigenvalue weighted by atomic mass is 32.2. The zero-order valence-corrected chi connectivity index (χ0v) is 26.1. The van der Waals surface area contributed by atoms with Gasteiger partial charge in [-0.3, -0.25) is 0 Å². The molecule has 0 aliphatic rings. The summed E-state index contributed by atoms with van der Waals surface area (Å²) >= 11 is 9.45. The van der Waals surface area contributed by atoms with Gasteiger partial charge >= 0.3 is 5.97 Å². The number of thioether (sulfide) groups is 2. The van der Waals surface area contributed by atoms with Crippen LogP contribution in [0.1, 0.15) is 81.3 Å². The predicted octanol–water partition coefficient (Wildman–Crippen LogP) is 9.12. The van der Waals surface area contributed by atoms with Crippen molar-refractivity contribution in [2.24, 2.45) is 5.41 Å². The van der Waals surface area contributed by atoms with E-state index in [1.165, 1.54) is 24.0 Å². The summed E-state index contributed by atoms with van der Waals surface area (Å²) < 4.78 is 11.6. The highest BCUT2D eigenvalue weighted by Gasteiger charge is 2.37. The fourth-order valence-corrected chi connectivity index (χ4v) is 7.86. The molecule has 0 aliphatic carbocycles. The number of thiocarbonyl (C=S) groups is 1. The lowest BCUT2D eigenvalue weighted by Gasteiger charge is -2.39. The van der Waals surface area contributed by atoms with Crippen molar-refractivity contribution in [2.45, 2.75) is 71.0 Å². The standard InChI is InChI=1S/C32H44O3S3/c1-7-9-22-37-30(36)38-32(5,6)28(26-13-11-10-12-14-26)24-31(3,4)23-25-15-17-27(18-16-25)29(33)35-21-20-34-19-8-2/h8,10-18,28H,2,7,9,19-24H2,1,3-6H3. The van der Waals surface area contributed by atoms with Gasteiger partial charge in [-0.25, -0.2) is 4.79 Å². The van der Waals surface area contributed by atoms with Crippen LogP contribution in [0.3, 0.4) is 0 Å². The van der Waals surface area contributed by atoms with E-state index in [0.717, 1.165) is 22.1 Å². The van der Waals surface area contributed by atoms with Gasteiger partial charge in [-0.1, -0.05) is 88.0 Å². The first-order valence-corrected chi connectivity index (χ1v) is 15.6. The van der Waals surface area contributed by atoms with Crippen LogP contribution in [0.15, 0.2) is 67.3 Å². The molecule has 0 saturated carbocycles. The van der Waals surface area contributed by atoms with E-state index in [0.29, 0.717) is 24.7 Å². The van der Waals surface area contributed by atoms with Crippen molar-refractivity contribution in [1.82, 2.24) is 0 Å². The molecule has 38 heavy (non-hydrogen) atoms. The minimum Gasteiger partial charge on any atom is -0.460 e. The molecule has 2 aromatic carbocycles. The van der Waals surface area contributed by atoms with E-state index in [1.54, 1.807) is 6.08 Å². The summed E-state index contributed by atoms with van der Waals surface area (Å²) in [4.78, 5) is 12.3. The second kappa shape index (κ2) is 16.5. The Morgan fingerprint density at radius 3 is 2.37 bits per heavy atom. The molecule has 1 atom stereocenters. The topological polar surface area (TPSA) is 35.5 Å². The minimum atomic E-state index is -0.325. The molecule has 0 spiro atoms. The molecule has 0 aliphatic heterocycles. The van der Waals surface area contributed by atoms with Crippen molar-refractivity contribution in [3.05, 3.63) is 83.9 Å². The second-order valence-electron chi connectivity index (χ2n) is 10.9. The lowest BCUT2D eigenvalue weighted by atomic mass is 9.72. The third-order valence-corrected chi connectivity index (χ3v) is 9.34. The number of ether oxygens (including phenoxy) is 2. The summed E-state index contributed by atoms with van der Waals surface area (Å²) in [6.45, 7) is 16.2. The van der Waals surface area contributed by atoms with Gasteiger partial charge in [0.1, 0.15) is 10.1 Å². The zero-order chi connectivity index (χ0) is 28.0. The predicted molar refractivity (Wildman–Crippen MR) is 171 cm³/mol. The lowest BCUT2D eigenvalue weighted by Crippen LogP contribution is -2.32. The van der Waals surface area contributed by atoms with Crippen LogP contribution in [0.4, 0.5) is 0 Å². The van der Waals surface area contributed by atoms with E-state index in [-0.39, 0.29) is 22.7 Å². The van der Waals surface area contributed by atoms with E-state index < -0.39 is 0 Å². The van der Waals surface area contributed by atoms with Gasteiger partial charge in [0.2, 0.25) is 0 Å². The number of rotatable bonds is 16. The van der Waals surface area contributed by atoms with E-state index in [4.69, 9.17) is 21.7 Å². The van der Waals surface area contributed by atoms with Gasteiger partial charge in [0, 0.05) is 4.75 Å². The first kappa shape index (κ1) is 32.6. The molecule has 2 aromatic rings. The van der Waals surface area contributed by atoms with Crippen LogP contribution in [0, 0.1) is 5.41 Å². The molecule has 208 valence electrons. The first-order valence-electron chi connectivity index (χ1n) is 13.4. The van der Waals surface area contributed by atoms with Gasteiger partial charge < -0.3 is 9.47 Å². The quantitative estimate of drug-likeness (QED) is 0.0864. The summed E-state index contributed by atoms with van der Waals surface area (Å²) in [5.74, 6) is 1.10. The van der Waals surface area contributed by atoms with Crippen LogP contribution in [0.2, 0.25) is 0 Å². The molecule has 2 rings (SSSR count). The third-order valence-electron chi connectivity index (χ3n) is 6.43. The fourth-order valence-electron chi connectivity index (χ4n) is 4.44. The molecule has 0 fully saturated rings. The van der Waals surface area contributed by atoms with Gasteiger partial charge in [-0.15, -0.1) is 30.1 Å². The summed E-state index contributed by atoms with van der Waals surface area (Å²) in [6.07, 6.45) is 6.00. The van der Waals surface area contributed by atoms with Gasteiger partial charge in [0.15, 0.2) is 0 Å². The Hall–Kier alpha value is -1.60. The number of hydrogen-bond donors (Lipinski definition) is 0. The van der Waals surface area contributed by atoms with Crippen LogP contribution in [-0.4, -0.2) is 39.8 Å². The average Bonchev–Trinajstić information content (AvgIpc) is 2.87. The van der Waals surface area contributed by atoms with Gasteiger partial charge in [0.25, 0.3) is 0 Å². The Labute approximate surface area is 244 Å². The Morgan fingerprint density at radius 1 is 1.05 bits per heavy atom. The molecule has 1 unspecified atom stereocenters. The summed E-state index contributed by atoms with van der Waals surface area (Å²) in [5, 5.41) is 0. The molecule has 0 amide bonds. The third kappa shape index (κ3) is 11.6. The molecular weight excluding hydrogens is 529 g/mol. The van der Waals surface area contributed by atoms with E-state index in [1.807, 2.05) is 47.8 Å². The largest absolute Gasteiger partial charge is 0.460 e. The normalized spacial score (nSPS) is 12.7. The van der Waals surface area contributed by atoms with Crippen molar-refractivity contribution in [3.63, 3.8) is 0 Å². The van der Waals surface area contributed by atoms with Crippen molar-refractivity contribution in [1.29, 1.82) is 0 Å². The highest BCUT2D eigenvalue weighted by molar-refractivity contribution is 8.47. The van der Waals surface area contributed by atoms with Gasteiger partial charge in [0.05, 0.1) is 18.8 Å². The van der Waals surface area contributed by atoms with E-state index in [2.05, 4.69) is 71.5 Å². The number of carbonyl (C=O) groups is 1. The highest BCUT2D eigenvalue weighted by Crippen LogP contribution is 2.48. The maximum Gasteiger partial charge on any atom is 0.338 e. The molecule has 3 nitrogen and oxygen atoms in total. The molecule has 0 saturated heterocycles. The van der Waals surface area contributed by atoms with Gasteiger partial charge in [-0.2, -0.15) is 0 Å². The van der Waals surface area contributed by atoms with Crippen molar-refractivity contribution in [2.75, 3.05) is 25.6 Å². The molecule has 0 N–H and O–H groups in total. The molecule has 0 radical (unpaired) electrons. The SMILES string of the molecule is C=CCOCCOC(=O)c1ccc(CC(C)(C)CC(c2ccccc2)C(C)(C)SC(=S)SCCCC)cc1. The van der Waals surface area contributed by atoms with Crippen LogP contribution in [0.5, 0.6) is 0 Å². The maximum absolute atomic E-state index is 12.3. The number of benzene rings is 2. The van der Waals surface area contributed by atoms with Gasteiger partial charge in [-0.05, 0) is 73.5 Å². The summed E-state index contributed by atoms with van der Waals surface area (Å²) in [6, 6.07) is 18.7. The van der Waals surface area contributed by atoms with E-state index in [9.17, 15) is 4.79 Å². The van der Waals surface area contributed by atoms with Crippen LogP contribution in [-0.2, 0) is 15.9 Å². The van der Waals surface area contributed by atoms with Crippen molar-refractivity contribution in [3.8, 4) is 0 Å². The van der Waals surface area contributed by atoms with Crippen molar-refractivity contribution >= 4 is 45.2 Å². The molecule has 0 heterocycles. The van der Waals surface area contributed by atoms with E-state index >= 15 is 0 Å². The average molecular weight is 573 g/mol. The Bertz CT molecular complexity index is 1000. The summed E-state index contributed by atoms with van der Waals surface area (Å²) in [5.41, 5.74) is 3.17. The number of esters is 1. The number of carbonyl (C=O) groups excluding carboxylic acids is 1. The van der Waals surface area contributed by atoms with Crippen LogP contribution in [0.25, 0.3) is 0 Å². The molecule has 0 aromatic heterocycles. The zero-order valence-electron chi connectivity index (χ0n) is 23.7.